The zero-order valence-electron chi connectivity index (χ0n) is 11.3. The minimum absolute atomic E-state index is 0.249. The fraction of sp³-hybridized carbons (Fsp3) is 0.231. The molecule has 2 rings (SSSR count). The van der Waals surface area contributed by atoms with Crippen molar-refractivity contribution in [2.24, 2.45) is 0 Å². The van der Waals surface area contributed by atoms with Gasteiger partial charge in [-0.2, -0.15) is 0 Å². The van der Waals surface area contributed by atoms with Gasteiger partial charge >= 0.3 is 5.97 Å². The molecule has 2 aromatic heterocycles. The predicted molar refractivity (Wildman–Crippen MR) is 74.1 cm³/mol. The van der Waals surface area contributed by atoms with Gasteiger partial charge in [-0.1, -0.05) is 0 Å². The smallest absolute Gasteiger partial charge is 0.340 e. The largest absolute Gasteiger partial charge is 0.465 e. The Morgan fingerprint density at radius 3 is 2.80 bits per heavy atom. The highest BCUT2D eigenvalue weighted by Crippen LogP contribution is 2.20. The maximum absolute atomic E-state index is 11.5. The number of rotatable bonds is 4. The molecule has 20 heavy (non-hydrogen) atoms. The van der Waals surface area contributed by atoms with Crippen molar-refractivity contribution in [2.45, 2.75) is 13.5 Å². The van der Waals surface area contributed by atoms with E-state index in [2.05, 4.69) is 25.0 Å². The molecule has 0 radical (unpaired) electrons. The Morgan fingerprint density at radius 1 is 1.35 bits per heavy atom. The van der Waals surface area contributed by atoms with Crippen molar-refractivity contribution in [3.05, 3.63) is 41.6 Å². The lowest BCUT2D eigenvalue weighted by Gasteiger charge is -2.10. The van der Waals surface area contributed by atoms with E-state index in [0.717, 1.165) is 11.4 Å². The van der Waals surface area contributed by atoms with Gasteiger partial charge in [0.25, 0.3) is 0 Å². The fourth-order valence-electron chi connectivity index (χ4n) is 1.59. The highest BCUT2D eigenvalue weighted by molar-refractivity contribution is 5.97. The molecule has 2 aromatic rings. The second kappa shape index (κ2) is 5.96. The number of hydrogen-bond donors (Lipinski definition) is 2. The summed E-state index contributed by atoms with van der Waals surface area (Å²) in [7, 11) is 1.30. The van der Waals surface area contributed by atoms with Gasteiger partial charge < -0.3 is 15.8 Å². The highest BCUT2D eigenvalue weighted by atomic mass is 16.5. The zero-order valence-corrected chi connectivity index (χ0v) is 11.3. The normalized spacial score (nSPS) is 10.1. The summed E-state index contributed by atoms with van der Waals surface area (Å²) in [4.78, 5) is 24.0. The van der Waals surface area contributed by atoms with Crippen molar-refractivity contribution in [2.75, 3.05) is 18.2 Å². The highest BCUT2D eigenvalue weighted by Gasteiger charge is 2.13. The van der Waals surface area contributed by atoms with E-state index in [4.69, 9.17) is 5.73 Å². The Labute approximate surface area is 116 Å². The maximum atomic E-state index is 11.5. The number of esters is 1. The number of ether oxygens (including phenoxy) is 1. The van der Waals surface area contributed by atoms with Crippen molar-refractivity contribution in [3.63, 3.8) is 0 Å². The van der Waals surface area contributed by atoms with E-state index >= 15 is 0 Å². The van der Waals surface area contributed by atoms with Crippen LogP contribution in [-0.2, 0) is 11.3 Å². The molecule has 0 aliphatic carbocycles. The summed E-state index contributed by atoms with van der Waals surface area (Å²) in [5, 5.41) is 3.02. The SMILES string of the molecule is COC(=O)c1ccnc(NCc2cnc(C)cn2)c1N. The fourth-order valence-corrected chi connectivity index (χ4v) is 1.59. The Bertz CT molecular complexity index is 613. The molecule has 0 spiro atoms. The van der Waals surface area contributed by atoms with Gasteiger partial charge in [-0.3, -0.25) is 9.97 Å². The number of aryl methyl sites for hydroxylation is 1. The lowest BCUT2D eigenvalue weighted by Crippen LogP contribution is -2.11. The van der Waals surface area contributed by atoms with Crippen molar-refractivity contribution < 1.29 is 9.53 Å². The average Bonchev–Trinajstić information content (AvgIpc) is 2.47. The molecule has 104 valence electrons. The summed E-state index contributed by atoms with van der Waals surface area (Å²) >= 11 is 0. The Hall–Kier alpha value is -2.70. The number of methoxy groups -OCH3 is 1. The van der Waals surface area contributed by atoms with Crippen molar-refractivity contribution in [1.29, 1.82) is 0 Å². The van der Waals surface area contributed by atoms with Gasteiger partial charge in [0.2, 0.25) is 0 Å². The third-order valence-corrected chi connectivity index (χ3v) is 2.67. The first kappa shape index (κ1) is 13.7. The van der Waals surface area contributed by atoms with E-state index in [0.29, 0.717) is 12.4 Å². The molecule has 7 nitrogen and oxygen atoms in total. The van der Waals surface area contributed by atoms with Crippen LogP contribution in [0.5, 0.6) is 0 Å². The molecule has 0 bridgehead atoms. The van der Waals surface area contributed by atoms with Crippen LogP contribution < -0.4 is 11.1 Å². The average molecular weight is 273 g/mol. The molecule has 3 N–H and O–H groups in total. The Morgan fingerprint density at radius 2 is 2.15 bits per heavy atom. The quantitative estimate of drug-likeness (QED) is 0.805. The van der Waals surface area contributed by atoms with Crippen LogP contribution in [0.4, 0.5) is 11.5 Å². The van der Waals surface area contributed by atoms with Gasteiger partial charge in [-0.15, -0.1) is 0 Å². The lowest BCUT2D eigenvalue weighted by molar-refractivity contribution is 0.0602. The minimum atomic E-state index is -0.497. The molecular formula is C13H15N5O2. The molecule has 2 heterocycles. The Balaban J connectivity index is 2.13. The number of carbonyl (C=O) groups excluding carboxylic acids is 1. The molecule has 0 atom stereocenters. The Kier molecular flexibility index (Phi) is 4.09. The maximum Gasteiger partial charge on any atom is 0.340 e. The second-order valence-corrected chi connectivity index (χ2v) is 4.12. The van der Waals surface area contributed by atoms with Gasteiger partial charge in [0.1, 0.15) is 5.82 Å². The number of carbonyl (C=O) groups is 1. The number of pyridine rings is 1. The minimum Gasteiger partial charge on any atom is -0.465 e. The van der Waals surface area contributed by atoms with Crippen molar-refractivity contribution in [1.82, 2.24) is 15.0 Å². The third kappa shape index (κ3) is 3.00. The third-order valence-electron chi connectivity index (χ3n) is 2.67. The summed E-state index contributed by atoms with van der Waals surface area (Å²) < 4.78 is 4.65. The number of nitrogens with two attached hydrogens (primary N) is 1. The van der Waals surface area contributed by atoms with Crippen molar-refractivity contribution >= 4 is 17.5 Å². The van der Waals surface area contributed by atoms with Crippen LogP contribution in [0.25, 0.3) is 0 Å². The zero-order chi connectivity index (χ0) is 14.5. The molecule has 0 unspecified atom stereocenters. The topological polar surface area (TPSA) is 103 Å². The standard InChI is InChI=1S/C13H15N5O2/c1-8-5-17-9(6-16-8)7-18-12-11(14)10(3-4-15-12)13(19)20-2/h3-6H,7,14H2,1-2H3,(H,15,18). The summed E-state index contributed by atoms with van der Waals surface area (Å²) in [6, 6.07) is 1.51. The first-order valence-corrected chi connectivity index (χ1v) is 5.96. The lowest BCUT2D eigenvalue weighted by atomic mass is 10.2. The molecule has 0 saturated heterocycles. The van der Waals surface area contributed by atoms with Crippen LogP contribution in [0.2, 0.25) is 0 Å². The van der Waals surface area contributed by atoms with E-state index in [-0.39, 0.29) is 11.3 Å². The predicted octanol–water partition coefficient (Wildman–Crippen LogP) is 1.16. The molecule has 0 aromatic carbocycles. The van der Waals surface area contributed by atoms with E-state index in [1.807, 2.05) is 6.92 Å². The van der Waals surface area contributed by atoms with Crippen LogP contribution in [0.1, 0.15) is 21.7 Å². The first-order valence-electron chi connectivity index (χ1n) is 5.96. The first-order chi connectivity index (χ1) is 9.61. The molecule has 0 aliphatic heterocycles. The van der Waals surface area contributed by atoms with E-state index in [9.17, 15) is 4.79 Å². The summed E-state index contributed by atoms with van der Waals surface area (Å²) in [5.74, 6) is -0.0849. The van der Waals surface area contributed by atoms with E-state index in [1.54, 1.807) is 12.4 Å². The molecular weight excluding hydrogens is 258 g/mol. The second-order valence-electron chi connectivity index (χ2n) is 4.12. The number of nitrogens with one attached hydrogen (secondary N) is 1. The van der Waals surface area contributed by atoms with Gasteiger partial charge in [-0.25, -0.2) is 9.78 Å². The van der Waals surface area contributed by atoms with Crippen molar-refractivity contribution in [3.8, 4) is 0 Å². The summed E-state index contributed by atoms with van der Waals surface area (Å²) in [6.07, 6.45) is 4.84. The number of aromatic nitrogens is 3. The van der Waals surface area contributed by atoms with Gasteiger partial charge in [0, 0.05) is 12.4 Å². The summed E-state index contributed by atoms with van der Waals surface area (Å²) in [6.45, 7) is 2.28. The monoisotopic (exact) mass is 273 g/mol. The van der Waals surface area contributed by atoms with Gasteiger partial charge in [0.15, 0.2) is 0 Å². The molecule has 0 amide bonds. The number of hydrogen-bond acceptors (Lipinski definition) is 7. The summed E-state index contributed by atoms with van der Waals surface area (Å²) in [5.41, 5.74) is 8.01. The van der Waals surface area contributed by atoms with Gasteiger partial charge in [-0.05, 0) is 13.0 Å². The number of anilines is 2. The number of nitrogen functional groups attached to an aromatic ring is 1. The van der Waals surface area contributed by atoms with Crippen LogP contribution >= 0.6 is 0 Å². The van der Waals surface area contributed by atoms with Crippen LogP contribution in [0, 0.1) is 6.92 Å². The van der Waals surface area contributed by atoms with E-state index in [1.165, 1.54) is 19.4 Å². The van der Waals surface area contributed by atoms with Crippen LogP contribution in [0.15, 0.2) is 24.7 Å². The van der Waals surface area contributed by atoms with Gasteiger partial charge in [0.05, 0.1) is 42.5 Å². The van der Waals surface area contributed by atoms with E-state index < -0.39 is 5.97 Å². The molecule has 7 heteroatoms. The molecule has 0 saturated carbocycles. The van der Waals surface area contributed by atoms with Crippen LogP contribution in [0.3, 0.4) is 0 Å². The molecule has 0 fully saturated rings. The number of nitrogens with zero attached hydrogens (tertiary/aromatic N) is 3. The van der Waals surface area contributed by atoms with Crippen LogP contribution in [-0.4, -0.2) is 28.0 Å². The molecule has 0 aliphatic rings.